The van der Waals surface area contributed by atoms with Crippen LogP contribution in [-0.2, 0) is 0 Å². The number of benzene rings is 1. The first-order valence-electron chi connectivity index (χ1n) is 5.15. The first kappa shape index (κ1) is 12.8. The number of nitro groups is 1. The lowest BCUT2D eigenvalue weighted by Gasteiger charge is -1.98. The van der Waals surface area contributed by atoms with E-state index in [4.69, 9.17) is 10.5 Å². The van der Waals surface area contributed by atoms with Crippen molar-refractivity contribution < 1.29 is 4.92 Å². The molecule has 19 heavy (non-hydrogen) atoms. The number of aliphatic imine (C=N–C) groups is 1. The zero-order valence-corrected chi connectivity index (χ0v) is 10.3. The average molecular weight is 270 g/mol. The molecule has 0 aromatic heterocycles. The van der Waals surface area contributed by atoms with Crippen molar-refractivity contribution in [2.75, 3.05) is 5.75 Å². The second-order valence-corrected chi connectivity index (χ2v) is 4.52. The summed E-state index contributed by atoms with van der Waals surface area (Å²) in [5.41, 5.74) is 1.46. The molecular formula is C12H6N4O2S. The summed E-state index contributed by atoms with van der Waals surface area (Å²) in [4.78, 5) is 14.3. The summed E-state index contributed by atoms with van der Waals surface area (Å²) in [7, 11) is 0. The van der Waals surface area contributed by atoms with Gasteiger partial charge in [0, 0.05) is 17.9 Å². The molecule has 1 heterocycles. The topological polar surface area (TPSA) is 103 Å². The Kier molecular flexibility index (Phi) is 3.60. The molecule has 1 aromatic carbocycles. The SMILES string of the molecule is N#CC(C#N)=C1N=C(c2ccc([N+](=O)[O-])cc2)CS1. The lowest BCUT2D eigenvalue weighted by molar-refractivity contribution is -0.384. The highest BCUT2D eigenvalue weighted by Gasteiger charge is 2.18. The minimum atomic E-state index is -0.468. The molecule has 0 fully saturated rings. The Balaban J connectivity index is 2.33. The number of rotatable bonds is 2. The maximum absolute atomic E-state index is 10.5. The summed E-state index contributed by atoms with van der Waals surface area (Å²) in [5.74, 6) is 0.542. The van der Waals surface area contributed by atoms with Gasteiger partial charge in [0.25, 0.3) is 5.69 Å². The number of nitrogens with zero attached hydrogens (tertiary/aromatic N) is 4. The largest absolute Gasteiger partial charge is 0.269 e. The summed E-state index contributed by atoms with van der Waals surface area (Å²) < 4.78 is 0. The van der Waals surface area contributed by atoms with Gasteiger partial charge >= 0.3 is 0 Å². The molecule has 6 nitrogen and oxygen atoms in total. The zero-order valence-electron chi connectivity index (χ0n) is 9.53. The van der Waals surface area contributed by atoms with E-state index >= 15 is 0 Å². The molecule has 0 saturated carbocycles. The highest BCUT2D eigenvalue weighted by atomic mass is 32.2. The normalized spacial score (nSPS) is 13.4. The maximum Gasteiger partial charge on any atom is 0.269 e. The van der Waals surface area contributed by atoms with E-state index in [1.807, 2.05) is 0 Å². The van der Waals surface area contributed by atoms with Gasteiger partial charge in [0.15, 0.2) is 5.57 Å². The lowest BCUT2D eigenvalue weighted by Crippen LogP contribution is -1.99. The fourth-order valence-corrected chi connectivity index (χ4v) is 2.41. The van der Waals surface area contributed by atoms with Crippen molar-refractivity contribution in [3.8, 4) is 12.1 Å². The Morgan fingerprint density at radius 3 is 2.47 bits per heavy atom. The van der Waals surface area contributed by atoms with Gasteiger partial charge in [-0.25, -0.2) is 4.99 Å². The second-order valence-electron chi connectivity index (χ2n) is 3.55. The van der Waals surface area contributed by atoms with Crippen LogP contribution in [0.15, 0.2) is 39.9 Å². The predicted octanol–water partition coefficient (Wildman–Crippen LogP) is 2.39. The molecule has 0 unspecified atom stereocenters. The van der Waals surface area contributed by atoms with Crippen LogP contribution in [0.1, 0.15) is 5.56 Å². The smallest absolute Gasteiger partial charge is 0.258 e. The quantitative estimate of drug-likeness (QED) is 0.466. The predicted molar refractivity (Wildman–Crippen MR) is 70.3 cm³/mol. The van der Waals surface area contributed by atoms with Gasteiger partial charge < -0.3 is 0 Å². The van der Waals surface area contributed by atoms with Gasteiger partial charge in [-0.1, -0.05) is 11.8 Å². The molecule has 0 bridgehead atoms. The Morgan fingerprint density at radius 2 is 1.95 bits per heavy atom. The minimum Gasteiger partial charge on any atom is -0.258 e. The van der Waals surface area contributed by atoms with Crippen LogP contribution in [-0.4, -0.2) is 16.4 Å². The van der Waals surface area contributed by atoms with E-state index in [2.05, 4.69) is 4.99 Å². The van der Waals surface area contributed by atoms with E-state index in [0.29, 0.717) is 16.5 Å². The van der Waals surface area contributed by atoms with Crippen LogP contribution in [0.3, 0.4) is 0 Å². The molecule has 0 aliphatic carbocycles. The minimum absolute atomic E-state index is 0.0121. The van der Waals surface area contributed by atoms with Crippen molar-refractivity contribution in [2.45, 2.75) is 0 Å². The van der Waals surface area contributed by atoms with Crippen molar-refractivity contribution >= 4 is 23.2 Å². The van der Waals surface area contributed by atoms with Crippen molar-refractivity contribution in [1.29, 1.82) is 10.5 Å². The molecule has 2 rings (SSSR count). The van der Waals surface area contributed by atoms with E-state index in [9.17, 15) is 10.1 Å². The Morgan fingerprint density at radius 1 is 1.32 bits per heavy atom. The summed E-state index contributed by atoms with van der Waals surface area (Å²) in [6, 6.07) is 9.61. The van der Waals surface area contributed by atoms with Crippen molar-refractivity contribution in [2.24, 2.45) is 4.99 Å². The lowest BCUT2D eigenvalue weighted by atomic mass is 10.1. The van der Waals surface area contributed by atoms with E-state index in [1.54, 1.807) is 24.3 Å². The zero-order chi connectivity index (χ0) is 13.8. The fraction of sp³-hybridized carbons (Fsp3) is 0.0833. The third kappa shape index (κ3) is 2.62. The van der Waals surface area contributed by atoms with Gasteiger partial charge in [-0.05, 0) is 17.7 Å². The van der Waals surface area contributed by atoms with E-state index in [1.165, 1.54) is 23.9 Å². The van der Waals surface area contributed by atoms with Crippen molar-refractivity contribution in [1.82, 2.24) is 0 Å². The number of allylic oxidation sites excluding steroid dienone is 1. The van der Waals surface area contributed by atoms with Crippen molar-refractivity contribution in [3.63, 3.8) is 0 Å². The Bertz CT molecular complexity index is 661. The standard InChI is InChI=1S/C12H6N4O2S/c13-5-9(6-14)12-15-11(7-19-12)8-1-3-10(4-2-8)16(17)18/h1-4H,7H2. The van der Waals surface area contributed by atoms with Crippen LogP contribution in [0.4, 0.5) is 5.69 Å². The molecule has 1 aliphatic rings. The molecule has 0 radical (unpaired) electrons. The number of nitriles is 2. The number of hydrogen-bond donors (Lipinski definition) is 0. The van der Waals surface area contributed by atoms with Crippen LogP contribution < -0.4 is 0 Å². The molecule has 1 aromatic rings. The van der Waals surface area contributed by atoms with E-state index < -0.39 is 4.92 Å². The van der Waals surface area contributed by atoms with Gasteiger partial charge in [0.05, 0.1) is 10.6 Å². The number of thioether (sulfide) groups is 1. The summed E-state index contributed by atoms with van der Waals surface area (Å²) >= 11 is 1.31. The highest BCUT2D eigenvalue weighted by Crippen LogP contribution is 2.30. The molecule has 0 N–H and O–H groups in total. The summed E-state index contributed by atoms with van der Waals surface area (Å²) in [6.45, 7) is 0. The molecular weight excluding hydrogens is 264 g/mol. The monoisotopic (exact) mass is 270 g/mol. The van der Waals surface area contributed by atoms with Gasteiger partial charge in [-0.3, -0.25) is 10.1 Å². The molecule has 0 amide bonds. The molecule has 7 heteroatoms. The van der Waals surface area contributed by atoms with Crippen LogP contribution in [0.5, 0.6) is 0 Å². The third-order valence-electron chi connectivity index (χ3n) is 2.43. The molecule has 0 atom stereocenters. The van der Waals surface area contributed by atoms with Gasteiger partial charge in [-0.15, -0.1) is 0 Å². The van der Waals surface area contributed by atoms with Crippen LogP contribution in [0.25, 0.3) is 0 Å². The highest BCUT2D eigenvalue weighted by molar-refractivity contribution is 8.04. The Labute approximate surface area is 112 Å². The summed E-state index contributed by atoms with van der Waals surface area (Å²) in [5, 5.41) is 28.5. The van der Waals surface area contributed by atoms with Gasteiger partial charge in [0.2, 0.25) is 0 Å². The summed E-state index contributed by atoms with van der Waals surface area (Å²) in [6.07, 6.45) is 0. The third-order valence-corrected chi connectivity index (χ3v) is 3.42. The van der Waals surface area contributed by atoms with E-state index in [0.717, 1.165) is 5.56 Å². The number of non-ortho nitro benzene ring substituents is 1. The second kappa shape index (κ2) is 5.34. The first-order valence-corrected chi connectivity index (χ1v) is 6.14. The number of nitro benzene ring substituents is 1. The maximum atomic E-state index is 10.5. The van der Waals surface area contributed by atoms with Crippen LogP contribution in [0.2, 0.25) is 0 Å². The fourth-order valence-electron chi connectivity index (χ4n) is 1.50. The van der Waals surface area contributed by atoms with E-state index in [-0.39, 0.29) is 11.3 Å². The Hall–Kier alpha value is -2.64. The number of hydrogen-bond acceptors (Lipinski definition) is 6. The average Bonchev–Trinajstić information content (AvgIpc) is 2.90. The van der Waals surface area contributed by atoms with Crippen LogP contribution in [0, 0.1) is 32.8 Å². The van der Waals surface area contributed by atoms with Gasteiger partial charge in [0.1, 0.15) is 17.2 Å². The molecule has 1 aliphatic heterocycles. The van der Waals surface area contributed by atoms with Crippen molar-refractivity contribution in [3.05, 3.63) is 50.5 Å². The molecule has 92 valence electrons. The molecule has 0 saturated heterocycles. The first-order chi connectivity index (χ1) is 9.15. The molecule has 0 spiro atoms. The van der Waals surface area contributed by atoms with Crippen LogP contribution >= 0.6 is 11.8 Å². The van der Waals surface area contributed by atoms with Gasteiger partial charge in [-0.2, -0.15) is 10.5 Å².